The Morgan fingerprint density at radius 3 is 2.36 bits per heavy atom. The summed E-state index contributed by atoms with van der Waals surface area (Å²) in [5.74, 6) is -0.582. The Morgan fingerprint density at radius 2 is 1.67 bits per heavy atom. The van der Waals surface area contributed by atoms with Crippen LogP contribution in [0.5, 0.6) is 0 Å². The van der Waals surface area contributed by atoms with E-state index in [4.69, 9.17) is 18.9 Å². The molecule has 0 radical (unpaired) electrons. The molecule has 0 spiro atoms. The van der Waals surface area contributed by atoms with Crippen LogP contribution in [0.2, 0.25) is 0 Å². The lowest BCUT2D eigenvalue weighted by atomic mass is 9.85. The first-order chi connectivity index (χ1) is 15.9. The summed E-state index contributed by atoms with van der Waals surface area (Å²) in [5, 5.41) is 21.1. The Labute approximate surface area is 192 Å². The smallest absolute Gasteiger partial charge is 0.453 e. The van der Waals surface area contributed by atoms with Crippen molar-refractivity contribution < 1.29 is 38.7 Å². The van der Waals surface area contributed by atoms with E-state index in [9.17, 15) is 19.8 Å². The van der Waals surface area contributed by atoms with Gasteiger partial charge < -0.3 is 29.2 Å². The third kappa shape index (κ3) is 4.88. The summed E-state index contributed by atoms with van der Waals surface area (Å²) >= 11 is 0. The normalized spacial score (nSPS) is 26.1. The highest BCUT2D eigenvalue weighted by atomic mass is 16.7. The number of aliphatic hydroxyl groups is 2. The third-order valence-corrected chi connectivity index (χ3v) is 6.04. The molecule has 5 atom stereocenters. The summed E-state index contributed by atoms with van der Waals surface area (Å²) in [6, 6.07) is 13.8. The van der Waals surface area contributed by atoms with Gasteiger partial charge in [0.2, 0.25) is 0 Å². The number of aryl methyl sites for hydroxylation is 1. The Hall–Kier alpha value is -2.94. The number of hydrogen-bond acceptors (Lipinski definition) is 8. The Morgan fingerprint density at radius 1 is 0.970 bits per heavy atom. The predicted molar refractivity (Wildman–Crippen MR) is 117 cm³/mol. The highest BCUT2D eigenvalue weighted by Gasteiger charge is 2.50. The molecule has 33 heavy (non-hydrogen) atoms. The molecule has 2 N–H and O–H groups in total. The summed E-state index contributed by atoms with van der Waals surface area (Å²) in [4.78, 5) is 24.1. The van der Waals surface area contributed by atoms with Gasteiger partial charge in [-0.05, 0) is 48.1 Å². The quantitative estimate of drug-likeness (QED) is 0.639. The standard InChI is InChI=1S/C25H28O8/c1-3-14-5-7-15(8-6-14)11-16-9-10-17-18(12-16)22-23(33-24(17)28)21(27)20(26)19(32-22)13-31-25(29)30-4-2/h5-10,12,19-23,26-27H,3-4,11,13H2,1-2H3/t19-,20-,21+,22+,23-/m1/s1. The zero-order chi connectivity index (χ0) is 23.5. The van der Waals surface area contributed by atoms with Gasteiger partial charge in [0, 0.05) is 0 Å². The minimum absolute atomic E-state index is 0.146. The molecule has 0 saturated carbocycles. The third-order valence-electron chi connectivity index (χ3n) is 6.04. The van der Waals surface area contributed by atoms with E-state index < -0.39 is 42.6 Å². The van der Waals surface area contributed by atoms with Crippen LogP contribution >= 0.6 is 0 Å². The van der Waals surface area contributed by atoms with Crippen molar-refractivity contribution in [3.8, 4) is 0 Å². The van der Waals surface area contributed by atoms with Gasteiger partial charge in [-0.3, -0.25) is 0 Å². The van der Waals surface area contributed by atoms with Crippen LogP contribution in [0.15, 0.2) is 42.5 Å². The number of ether oxygens (including phenoxy) is 4. The molecule has 1 saturated heterocycles. The molecule has 0 aromatic heterocycles. The highest BCUT2D eigenvalue weighted by molar-refractivity contribution is 5.92. The fourth-order valence-corrected chi connectivity index (χ4v) is 4.23. The number of rotatable bonds is 6. The molecule has 1 fully saturated rings. The molecular weight excluding hydrogens is 428 g/mol. The average Bonchev–Trinajstić information content (AvgIpc) is 2.82. The largest absolute Gasteiger partial charge is 0.508 e. The number of aliphatic hydroxyl groups excluding tert-OH is 2. The van der Waals surface area contributed by atoms with Crippen molar-refractivity contribution in [2.24, 2.45) is 0 Å². The molecule has 4 rings (SSSR count). The molecule has 0 unspecified atom stereocenters. The van der Waals surface area contributed by atoms with Crippen LogP contribution in [-0.2, 0) is 31.8 Å². The van der Waals surface area contributed by atoms with E-state index in [1.807, 2.05) is 12.1 Å². The van der Waals surface area contributed by atoms with Crippen molar-refractivity contribution in [1.29, 1.82) is 0 Å². The summed E-state index contributed by atoms with van der Waals surface area (Å²) in [6.45, 7) is 3.58. The average molecular weight is 456 g/mol. The first-order valence-corrected chi connectivity index (χ1v) is 11.1. The van der Waals surface area contributed by atoms with Gasteiger partial charge in [-0.15, -0.1) is 0 Å². The van der Waals surface area contributed by atoms with Gasteiger partial charge in [-0.2, -0.15) is 0 Å². The lowest BCUT2D eigenvalue weighted by Crippen LogP contribution is -2.58. The van der Waals surface area contributed by atoms with Crippen LogP contribution in [0.4, 0.5) is 4.79 Å². The van der Waals surface area contributed by atoms with Crippen LogP contribution in [-0.4, -0.2) is 60.0 Å². The van der Waals surface area contributed by atoms with Crippen LogP contribution in [0.1, 0.15) is 52.6 Å². The summed E-state index contributed by atoms with van der Waals surface area (Å²) in [5.41, 5.74) is 4.27. The van der Waals surface area contributed by atoms with Crippen LogP contribution < -0.4 is 0 Å². The molecule has 2 heterocycles. The van der Waals surface area contributed by atoms with Crippen LogP contribution in [0.3, 0.4) is 0 Å². The monoisotopic (exact) mass is 456 g/mol. The Kier molecular flexibility index (Phi) is 6.97. The second-order valence-electron chi connectivity index (χ2n) is 8.21. The number of carbonyl (C=O) groups excluding carboxylic acids is 2. The highest BCUT2D eigenvalue weighted by Crippen LogP contribution is 2.40. The SMILES string of the molecule is CCOC(=O)OC[C@H]1O[C@H]2c3cc(Cc4ccc(CC)cc4)ccc3C(=O)O[C@@H]2[C@@H](O)[C@@H]1O. The van der Waals surface area contributed by atoms with Gasteiger partial charge in [0.15, 0.2) is 6.10 Å². The van der Waals surface area contributed by atoms with Gasteiger partial charge in [0.25, 0.3) is 0 Å². The predicted octanol–water partition coefficient (Wildman–Crippen LogP) is 2.71. The molecule has 176 valence electrons. The van der Waals surface area contributed by atoms with Crippen molar-refractivity contribution in [2.75, 3.05) is 13.2 Å². The van der Waals surface area contributed by atoms with Gasteiger partial charge in [0.1, 0.15) is 31.0 Å². The maximum absolute atomic E-state index is 12.5. The molecule has 8 nitrogen and oxygen atoms in total. The molecule has 2 aromatic carbocycles. The summed E-state index contributed by atoms with van der Waals surface area (Å²) in [7, 11) is 0. The van der Waals surface area contributed by atoms with Crippen molar-refractivity contribution in [3.63, 3.8) is 0 Å². The first-order valence-electron chi connectivity index (χ1n) is 11.1. The first kappa shape index (κ1) is 23.2. The molecule has 2 aliphatic heterocycles. The lowest BCUT2D eigenvalue weighted by molar-refractivity contribution is -0.235. The van der Waals surface area contributed by atoms with E-state index in [0.29, 0.717) is 17.5 Å². The van der Waals surface area contributed by atoms with Gasteiger partial charge >= 0.3 is 12.1 Å². The van der Waals surface area contributed by atoms with Crippen LogP contribution in [0, 0.1) is 0 Å². The number of esters is 1. The van der Waals surface area contributed by atoms with E-state index in [2.05, 4.69) is 31.2 Å². The number of fused-ring (bicyclic) bond motifs is 3. The molecule has 2 aromatic rings. The Balaban J connectivity index is 1.57. The minimum atomic E-state index is -1.41. The van der Waals surface area contributed by atoms with E-state index in [0.717, 1.165) is 17.5 Å². The number of carbonyl (C=O) groups is 2. The summed E-state index contributed by atoms with van der Waals surface area (Å²) in [6.07, 6.45) is -4.97. The zero-order valence-electron chi connectivity index (χ0n) is 18.6. The molecule has 0 aliphatic carbocycles. The molecule has 0 amide bonds. The Bertz CT molecular complexity index is 1000. The maximum Gasteiger partial charge on any atom is 0.508 e. The van der Waals surface area contributed by atoms with E-state index in [1.54, 1.807) is 13.0 Å². The zero-order valence-corrected chi connectivity index (χ0v) is 18.6. The van der Waals surface area contributed by atoms with Crippen molar-refractivity contribution in [3.05, 3.63) is 70.3 Å². The lowest BCUT2D eigenvalue weighted by Gasteiger charge is -2.44. The van der Waals surface area contributed by atoms with Gasteiger partial charge in [-0.1, -0.05) is 43.3 Å². The molecule has 2 aliphatic rings. The fraction of sp³-hybridized carbons (Fsp3) is 0.440. The van der Waals surface area contributed by atoms with Gasteiger partial charge in [0.05, 0.1) is 12.2 Å². The topological polar surface area (TPSA) is 112 Å². The molecular formula is C25H28O8. The maximum atomic E-state index is 12.5. The van der Waals surface area contributed by atoms with Crippen molar-refractivity contribution in [1.82, 2.24) is 0 Å². The van der Waals surface area contributed by atoms with E-state index in [1.165, 1.54) is 5.56 Å². The fourth-order valence-electron chi connectivity index (χ4n) is 4.23. The van der Waals surface area contributed by atoms with Gasteiger partial charge in [-0.25, -0.2) is 9.59 Å². The second kappa shape index (κ2) is 9.91. The summed E-state index contributed by atoms with van der Waals surface area (Å²) < 4.78 is 21.1. The minimum Gasteiger partial charge on any atom is -0.453 e. The van der Waals surface area contributed by atoms with E-state index >= 15 is 0 Å². The molecule has 0 bridgehead atoms. The second-order valence-corrected chi connectivity index (χ2v) is 8.21. The van der Waals surface area contributed by atoms with E-state index in [-0.39, 0.29) is 13.2 Å². The number of hydrogen-bond donors (Lipinski definition) is 2. The van der Waals surface area contributed by atoms with Crippen molar-refractivity contribution >= 4 is 12.1 Å². The number of benzene rings is 2. The van der Waals surface area contributed by atoms with Crippen LogP contribution in [0.25, 0.3) is 0 Å². The van der Waals surface area contributed by atoms with Crippen molar-refractivity contribution in [2.45, 2.75) is 57.2 Å². The molecule has 8 heteroatoms.